The first kappa shape index (κ1) is 9.12. The maximum absolute atomic E-state index is 10.6. The number of carboxylic acid groups (broad SMARTS) is 1. The number of carboxylic acids is 1. The van der Waals surface area contributed by atoms with Gasteiger partial charge in [-0.1, -0.05) is 0 Å². The SMILES string of the molecule is CN1CC([NH][Ga])CC1C(=O)O. The fourth-order valence-corrected chi connectivity index (χ4v) is 1.92. The van der Waals surface area contributed by atoms with Gasteiger partial charge >= 0.3 is 75.7 Å². The van der Waals surface area contributed by atoms with Gasteiger partial charge in [-0.25, -0.2) is 0 Å². The fourth-order valence-electron chi connectivity index (χ4n) is 1.41. The van der Waals surface area contributed by atoms with E-state index in [-0.39, 0.29) is 6.04 Å². The van der Waals surface area contributed by atoms with Crippen molar-refractivity contribution in [2.75, 3.05) is 13.6 Å². The molecule has 0 amide bonds. The van der Waals surface area contributed by atoms with Crippen LogP contribution in [-0.4, -0.2) is 60.5 Å². The van der Waals surface area contributed by atoms with Crippen LogP contribution in [0.3, 0.4) is 0 Å². The maximum atomic E-state index is 10.6. The molecule has 1 heterocycles. The summed E-state index contributed by atoms with van der Waals surface area (Å²) in [5.74, 6) is -0.710. The molecular weight excluding hydrogens is 202 g/mol. The Balaban J connectivity index is 2.51. The van der Waals surface area contributed by atoms with Gasteiger partial charge in [-0.15, -0.1) is 0 Å². The minimum absolute atomic E-state index is 0.289. The van der Waals surface area contributed by atoms with Crippen LogP contribution in [0.4, 0.5) is 0 Å². The van der Waals surface area contributed by atoms with E-state index >= 15 is 0 Å². The van der Waals surface area contributed by atoms with E-state index in [4.69, 9.17) is 5.11 Å². The Hall–Kier alpha value is 0.0264. The normalized spacial score (nSPS) is 32.5. The van der Waals surface area contributed by atoms with E-state index in [1.807, 2.05) is 11.9 Å². The van der Waals surface area contributed by atoms with E-state index in [2.05, 4.69) is 4.02 Å². The Morgan fingerprint density at radius 2 is 2.45 bits per heavy atom. The molecule has 2 N–H and O–H groups in total. The van der Waals surface area contributed by atoms with Crippen molar-refractivity contribution in [3.63, 3.8) is 0 Å². The van der Waals surface area contributed by atoms with E-state index in [1.54, 1.807) is 0 Å². The second-order valence-corrected chi connectivity index (χ2v) is 3.59. The van der Waals surface area contributed by atoms with Crippen LogP contribution >= 0.6 is 0 Å². The number of likely N-dealkylation sites (N-methyl/N-ethyl adjacent to an activating group) is 1. The molecule has 0 bridgehead atoms. The molecule has 0 aromatic heterocycles. The molecule has 4 nitrogen and oxygen atoms in total. The van der Waals surface area contributed by atoms with E-state index in [0.717, 1.165) is 13.0 Å². The predicted molar refractivity (Wildman–Crippen MR) is 41.3 cm³/mol. The van der Waals surface area contributed by atoms with Gasteiger partial charge in [0, 0.05) is 0 Å². The van der Waals surface area contributed by atoms with Gasteiger partial charge < -0.3 is 0 Å². The number of nitrogens with zero attached hydrogens (tertiary/aromatic N) is 1. The molecule has 1 aliphatic heterocycles. The summed E-state index contributed by atoms with van der Waals surface area (Å²) in [4.78, 5) is 12.5. The first-order chi connectivity index (χ1) is 5.15. The molecule has 2 atom stereocenters. The van der Waals surface area contributed by atoms with Crippen molar-refractivity contribution in [2.24, 2.45) is 0 Å². The number of hydrogen-bond acceptors (Lipinski definition) is 3. The predicted octanol–water partition coefficient (Wildman–Crippen LogP) is -1.18. The van der Waals surface area contributed by atoms with Gasteiger partial charge in [-0.05, 0) is 0 Å². The van der Waals surface area contributed by atoms with Crippen molar-refractivity contribution in [3.8, 4) is 0 Å². The van der Waals surface area contributed by atoms with Crippen molar-refractivity contribution < 1.29 is 9.90 Å². The molecule has 2 unspecified atom stereocenters. The summed E-state index contributed by atoms with van der Waals surface area (Å²) >= 11 is 1.45. The molecule has 5 heteroatoms. The molecular formula is C6H11GaN2O2. The molecule has 0 aliphatic carbocycles. The standard InChI is InChI=1S/C6H11N2O2.Ga/c1-8-3-4(7)2-5(8)6(9)10;/h4-5,7H,2-3H2,1H3,(H,9,10);/q-1;+1. The van der Waals surface area contributed by atoms with Gasteiger partial charge in [0.2, 0.25) is 0 Å². The Bertz CT molecular complexity index is 165. The zero-order chi connectivity index (χ0) is 8.43. The van der Waals surface area contributed by atoms with Gasteiger partial charge in [0.15, 0.2) is 0 Å². The van der Waals surface area contributed by atoms with E-state index in [1.165, 1.54) is 18.8 Å². The van der Waals surface area contributed by atoms with Crippen LogP contribution in [0.25, 0.3) is 0 Å². The van der Waals surface area contributed by atoms with Gasteiger partial charge in [0.1, 0.15) is 0 Å². The van der Waals surface area contributed by atoms with Crippen LogP contribution in [0.15, 0.2) is 0 Å². The van der Waals surface area contributed by atoms with E-state index in [0.29, 0.717) is 6.04 Å². The monoisotopic (exact) mass is 212 g/mol. The van der Waals surface area contributed by atoms with Crippen molar-refractivity contribution in [2.45, 2.75) is 18.5 Å². The van der Waals surface area contributed by atoms with E-state index < -0.39 is 5.97 Å². The van der Waals surface area contributed by atoms with Gasteiger partial charge in [0.25, 0.3) is 0 Å². The molecule has 2 radical (unpaired) electrons. The summed E-state index contributed by atoms with van der Waals surface area (Å²) in [6.07, 6.45) is 0.726. The van der Waals surface area contributed by atoms with Crippen molar-refractivity contribution >= 4 is 24.8 Å². The number of nitrogens with one attached hydrogen (secondary N) is 1. The molecule has 1 fully saturated rings. The first-order valence-electron chi connectivity index (χ1n) is 3.54. The molecule has 1 saturated heterocycles. The average Bonchev–Trinajstić information content (AvgIpc) is 2.30. The summed E-state index contributed by atoms with van der Waals surface area (Å²) in [5, 5.41) is 8.73. The summed E-state index contributed by atoms with van der Waals surface area (Å²) in [5.41, 5.74) is 0. The Morgan fingerprint density at radius 1 is 1.82 bits per heavy atom. The summed E-state index contributed by atoms with van der Waals surface area (Å²) < 4.78 is 3.14. The summed E-state index contributed by atoms with van der Waals surface area (Å²) in [6.45, 7) is 0.842. The fraction of sp³-hybridized carbons (Fsp3) is 0.833. The molecule has 11 heavy (non-hydrogen) atoms. The third-order valence-corrected chi connectivity index (χ3v) is 3.06. The van der Waals surface area contributed by atoms with Crippen LogP contribution < -0.4 is 4.02 Å². The van der Waals surface area contributed by atoms with Crippen LogP contribution in [0, 0.1) is 0 Å². The molecule has 60 valence electrons. The zero-order valence-electron chi connectivity index (χ0n) is 6.45. The quantitative estimate of drug-likeness (QED) is 0.566. The van der Waals surface area contributed by atoms with E-state index in [9.17, 15) is 4.79 Å². The molecule has 0 spiro atoms. The van der Waals surface area contributed by atoms with Gasteiger partial charge in [-0.2, -0.15) is 0 Å². The average molecular weight is 213 g/mol. The second kappa shape index (κ2) is 3.62. The van der Waals surface area contributed by atoms with Crippen molar-refractivity contribution in [1.82, 2.24) is 8.92 Å². The topological polar surface area (TPSA) is 52.6 Å². The molecule has 0 aromatic carbocycles. The van der Waals surface area contributed by atoms with Crippen LogP contribution in [0.5, 0.6) is 0 Å². The summed E-state index contributed by atoms with van der Waals surface area (Å²) in [6, 6.07) is 0.0735. The van der Waals surface area contributed by atoms with Crippen LogP contribution in [0.1, 0.15) is 6.42 Å². The van der Waals surface area contributed by atoms with Gasteiger partial charge in [-0.3, -0.25) is 0 Å². The van der Waals surface area contributed by atoms with Crippen LogP contribution in [0.2, 0.25) is 0 Å². The summed E-state index contributed by atoms with van der Waals surface area (Å²) in [7, 11) is 1.85. The minimum atomic E-state index is -0.710. The Labute approximate surface area is 76.1 Å². The van der Waals surface area contributed by atoms with Crippen molar-refractivity contribution in [1.29, 1.82) is 0 Å². The molecule has 1 rings (SSSR count). The van der Waals surface area contributed by atoms with Gasteiger partial charge in [0.05, 0.1) is 0 Å². The Kier molecular flexibility index (Phi) is 3.00. The number of aliphatic carboxylic acids is 1. The molecule has 1 aliphatic rings. The second-order valence-electron chi connectivity index (χ2n) is 2.89. The number of rotatable bonds is 2. The third-order valence-electron chi connectivity index (χ3n) is 2.07. The van der Waals surface area contributed by atoms with Crippen molar-refractivity contribution in [3.05, 3.63) is 0 Å². The number of likely N-dealkylation sites (tertiary alicyclic amines) is 1. The molecule has 0 aromatic rings. The third kappa shape index (κ3) is 1.99. The van der Waals surface area contributed by atoms with Crippen LogP contribution in [-0.2, 0) is 4.79 Å². The Morgan fingerprint density at radius 3 is 2.73 bits per heavy atom. The zero-order valence-corrected chi connectivity index (χ0v) is 8.87. The first-order valence-corrected chi connectivity index (χ1v) is 4.75. The number of hydrogen-bond donors (Lipinski definition) is 2. The number of carbonyl (C=O) groups is 1. The molecule has 0 saturated carbocycles.